The lowest BCUT2D eigenvalue weighted by molar-refractivity contribution is 0.740. The Kier molecular flexibility index (Phi) is 3.42. The third kappa shape index (κ3) is 2.48. The van der Waals surface area contributed by atoms with Crippen LogP contribution in [0.3, 0.4) is 0 Å². The predicted molar refractivity (Wildman–Crippen MR) is 91.2 cm³/mol. The molecule has 0 unspecified atom stereocenters. The molecule has 0 atom stereocenters. The lowest BCUT2D eigenvalue weighted by atomic mass is 10.2. The fourth-order valence-corrected chi connectivity index (χ4v) is 2.55. The lowest BCUT2D eigenvalue weighted by Crippen LogP contribution is -1.99. The van der Waals surface area contributed by atoms with Gasteiger partial charge in [-0.1, -0.05) is 36.4 Å². The normalized spacial score (nSPS) is 10.9. The fourth-order valence-electron chi connectivity index (χ4n) is 2.55. The highest BCUT2D eigenvalue weighted by molar-refractivity contribution is 5.59. The van der Waals surface area contributed by atoms with E-state index in [1.807, 2.05) is 74.5 Å². The molecule has 2 heterocycles. The van der Waals surface area contributed by atoms with Gasteiger partial charge in [-0.05, 0) is 38.1 Å². The zero-order chi connectivity index (χ0) is 16.5. The summed E-state index contributed by atoms with van der Waals surface area (Å²) in [6, 6.07) is 19.7. The monoisotopic (exact) mass is 316 g/mol. The van der Waals surface area contributed by atoms with Gasteiger partial charge < -0.3 is 0 Å². The molecule has 0 saturated heterocycles. The zero-order valence-electron chi connectivity index (χ0n) is 13.5. The highest BCUT2D eigenvalue weighted by atomic mass is 15.5. The van der Waals surface area contributed by atoms with Gasteiger partial charge in [0.1, 0.15) is 11.4 Å². The summed E-state index contributed by atoms with van der Waals surface area (Å²) in [4.78, 5) is 3.26. The van der Waals surface area contributed by atoms with Crippen LogP contribution in [-0.4, -0.2) is 30.0 Å². The molecule has 4 rings (SSSR count). The second-order valence-corrected chi connectivity index (χ2v) is 5.52. The molecule has 0 radical (unpaired) electrons. The SMILES string of the molecule is Cc1nn(-c2ccccc2)nc1-c1nn(-c2ccccc2)nc1C. The van der Waals surface area contributed by atoms with Crippen molar-refractivity contribution in [3.05, 3.63) is 72.1 Å². The van der Waals surface area contributed by atoms with Crippen LogP contribution in [0, 0.1) is 13.8 Å². The largest absolute Gasteiger partial charge is 0.153 e. The molecule has 2 aromatic heterocycles. The average Bonchev–Trinajstić information content (AvgIpc) is 3.19. The average molecular weight is 316 g/mol. The molecule has 0 fully saturated rings. The Morgan fingerprint density at radius 1 is 0.542 bits per heavy atom. The fraction of sp³-hybridized carbons (Fsp3) is 0.111. The first-order chi connectivity index (χ1) is 11.7. The van der Waals surface area contributed by atoms with E-state index in [2.05, 4.69) is 20.4 Å². The van der Waals surface area contributed by atoms with Crippen molar-refractivity contribution < 1.29 is 0 Å². The maximum absolute atomic E-state index is 4.61. The third-order valence-electron chi connectivity index (χ3n) is 3.76. The van der Waals surface area contributed by atoms with Crippen LogP contribution in [0.5, 0.6) is 0 Å². The first-order valence-corrected chi connectivity index (χ1v) is 7.71. The summed E-state index contributed by atoms with van der Waals surface area (Å²) in [7, 11) is 0. The van der Waals surface area contributed by atoms with Crippen molar-refractivity contribution in [3.8, 4) is 22.8 Å². The summed E-state index contributed by atoms with van der Waals surface area (Å²) in [6.07, 6.45) is 0. The van der Waals surface area contributed by atoms with Crippen molar-refractivity contribution in [3.63, 3.8) is 0 Å². The Morgan fingerprint density at radius 2 is 0.917 bits per heavy atom. The Bertz CT molecular complexity index is 888. The van der Waals surface area contributed by atoms with Crippen LogP contribution in [0.4, 0.5) is 0 Å². The van der Waals surface area contributed by atoms with Crippen molar-refractivity contribution in [2.24, 2.45) is 0 Å². The summed E-state index contributed by atoms with van der Waals surface area (Å²) in [5.74, 6) is 0. The lowest BCUT2D eigenvalue weighted by Gasteiger charge is -1.97. The Balaban J connectivity index is 1.78. The van der Waals surface area contributed by atoms with E-state index in [1.54, 1.807) is 9.59 Å². The summed E-state index contributed by atoms with van der Waals surface area (Å²) in [6.45, 7) is 3.87. The molecule has 0 bridgehead atoms. The smallest absolute Gasteiger partial charge is 0.138 e. The molecule has 0 spiro atoms. The van der Waals surface area contributed by atoms with Crippen LogP contribution in [0.2, 0.25) is 0 Å². The molecular weight excluding hydrogens is 300 g/mol. The molecule has 0 amide bonds. The van der Waals surface area contributed by atoms with Crippen molar-refractivity contribution in [2.75, 3.05) is 0 Å². The topological polar surface area (TPSA) is 61.4 Å². The summed E-state index contributed by atoms with van der Waals surface area (Å²) >= 11 is 0. The molecule has 0 aliphatic carbocycles. The molecule has 0 aliphatic heterocycles. The van der Waals surface area contributed by atoms with Gasteiger partial charge in [0.25, 0.3) is 0 Å². The van der Waals surface area contributed by atoms with Crippen molar-refractivity contribution >= 4 is 0 Å². The molecule has 0 N–H and O–H groups in total. The van der Waals surface area contributed by atoms with E-state index < -0.39 is 0 Å². The number of benzene rings is 2. The molecule has 6 nitrogen and oxygen atoms in total. The molecule has 24 heavy (non-hydrogen) atoms. The van der Waals surface area contributed by atoms with Gasteiger partial charge >= 0.3 is 0 Å². The third-order valence-corrected chi connectivity index (χ3v) is 3.76. The van der Waals surface area contributed by atoms with E-state index in [4.69, 9.17) is 0 Å². The predicted octanol–water partition coefficient (Wildman–Crippen LogP) is 3.13. The van der Waals surface area contributed by atoms with Gasteiger partial charge in [0.2, 0.25) is 0 Å². The summed E-state index contributed by atoms with van der Waals surface area (Å²) < 4.78 is 0. The van der Waals surface area contributed by atoms with Gasteiger partial charge in [-0.25, -0.2) is 0 Å². The molecule has 6 heteroatoms. The maximum atomic E-state index is 4.61. The highest BCUT2D eigenvalue weighted by Crippen LogP contribution is 2.22. The molecule has 2 aromatic carbocycles. The van der Waals surface area contributed by atoms with Crippen LogP contribution >= 0.6 is 0 Å². The van der Waals surface area contributed by atoms with Crippen LogP contribution in [-0.2, 0) is 0 Å². The minimum absolute atomic E-state index is 0.749. The number of rotatable bonds is 3. The standard InChI is InChI=1S/C18H16N6/c1-13-17(21-23(19-13)15-9-5-3-6-10-15)18-14(2)20-24(22-18)16-11-7-4-8-12-16/h3-12H,1-2H3. The van der Waals surface area contributed by atoms with Crippen molar-refractivity contribution in [1.29, 1.82) is 0 Å². The molecule has 4 aromatic rings. The number of aryl methyl sites for hydroxylation is 2. The minimum atomic E-state index is 0.749. The minimum Gasteiger partial charge on any atom is -0.153 e. The van der Waals surface area contributed by atoms with Crippen molar-refractivity contribution in [2.45, 2.75) is 13.8 Å². The van der Waals surface area contributed by atoms with Crippen LogP contribution in [0.25, 0.3) is 22.8 Å². The first-order valence-electron chi connectivity index (χ1n) is 7.71. The number of nitrogens with zero attached hydrogens (tertiary/aromatic N) is 6. The quantitative estimate of drug-likeness (QED) is 0.582. The van der Waals surface area contributed by atoms with Crippen molar-refractivity contribution in [1.82, 2.24) is 30.0 Å². The zero-order valence-corrected chi connectivity index (χ0v) is 13.5. The van der Waals surface area contributed by atoms with E-state index in [-0.39, 0.29) is 0 Å². The van der Waals surface area contributed by atoms with E-state index >= 15 is 0 Å². The van der Waals surface area contributed by atoms with Gasteiger partial charge in [0.05, 0.1) is 22.8 Å². The van der Waals surface area contributed by atoms with Gasteiger partial charge in [0.15, 0.2) is 0 Å². The van der Waals surface area contributed by atoms with Gasteiger partial charge in [0, 0.05) is 0 Å². The maximum Gasteiger partial charge on any atom is 0.138 e. The Labute approximate surface area is 139 Å². The van der Waals surface area contributed by atoms with Gasteiger partial charge in [-0.15, -0.1) is 10.2 Å². The first kappa shape index (κ1) is 14.3. The van der Waals surface area contributed by atoms with E-state index in [0.29, 0.717) is 0 Å². The van der Waals surface area contributed by atoms with E-state index in [1.165, 1.54) is 0 Å². The number of aromatic nitrogens is 6. The van der Waals surface area contributed by atoms with Crippen LogP contribution in [0.15, 0.2) is 60.7 Å². The highest BCUT2D eigenvalue weighted by Gasteiger charge is 2.18. The summed E-state index contributed by atoms with van der Waals surface area (Å²) in [5, 5.41) is 18.2. The molecule has 118 valence electrons. The summed E-state index contributed by atoms with van der Waals surface area (Å²) in [5.41, 5.74) is 4.97. The van der Waals surface area contributed by atoms with E-state index in [9.17, 15) is 0 Å². The van der Waals surface area contributed by atoms with Crippen LogP contribution in [0.1, 0.15) is 11.4 Å². The Hall–Kier alpha value is -3.28. The van der Waals surface area contributed by atoms with Gasteiger partial charge in [-0.2, -0.15) is 19.8 Å². The van der Waals surface area contributed by atoms with Gasteiger partial charge in [-0.3, -0.25) is 0 Å². The number of hydrogen-bond donors (Lipinski definition) is 0. The number of para-hydroxylation sites is 2. The van der Waals surface area contributed by atoms with Crippen LogP contribution < -0.4 is 0 Å². The second kappa shape index (κ2) is 5.73. The van der Waals surface area contributed by atoms with E-state index in [0.717, 1.165) is 34.2 Å². The molecule has 0 saturated carbocycles. The second-order valence-electron chi connectivity index (χ2n) is 5.52. The number of hydrogen-bond acceptors (Lipinski definition) is 4. The molecule has 0 aliphatic rings. The Morgan fingerprint density at radius 3 is 1.29 bits per heavy atom. The molecular formula is C18H16N6.